The van der Waals surface area contributed by atoms with Crippen molar-refractivity contribution in [3.63, 3.8) is 0 Å². The second-order valence-electron chi connectivity index (χ2n) is 5.92. The maximum absolute atomic E-state index is 13.0. The number of ketones is 2. The van der Waals surface area contributed by atoms with Gasteiger partial charge >= 0.3 is 0 Å². The van der Waals surface area contributed by atoms with E-state index in [0.717, 1.165) is 20.9 Å². The minimum atomic E-state index is -0.780. The fourth-order valence-corrected chi connectivity index (χ4v) is 6.11. The Hall–Kier alpha value is -1.52. The largest absolute Gasteiger partial charge is 0.292 e. The molecule has 110 valence electrons. The first kappa shape index (κ1) is 14.1. The summed E-state index contributed by atoms with van der Waals surface area (Å²) in [5, 5.41) is 0. The van der Waals surface area contributed by atoms with Gasteiger partial charge in [0, 0.05) is 20.9 Å². The molecule has 0 saturated carbocycles. The monoisotopic (exact) mass is 326 g/mol. The van der Waals surface area contributed by atoms with Crippen LogP contribution in [0.1, 0.15) is 34.6 Å². The van der Waals surface area contributed by atoms with E-state index in [2.05, 4.69) is 0 Å². The van der Waals surface area contributed by atoms with Crippen LogP contribution in [0, 0.1) is 0 Å². The molecule has 2 atom stereocenters. The highest BCUT2D eigenvalue weighted by Crippen LogP contribution is 2.60. The average Bonchev–Trinajstić information content (AvgIpc) is 2.95. The number of rotatable bonds is 1. The van der Waals surface area contributed by atoms with E-state index >= 15 is 0 Å². The molecule has 0 aromatic heterocycles. The van der Waals surface area contributed by atoms with Gasteiger partial charge in [-0.15, -0.1) is 23.5 Å². The highest BCUT2D eigenvalue weighted by Gasteiger charge is 2.62. The molecule has 2 aromatic carbocycles. The van der Waals surface area contributed by atoms with E-state index in [9.17, 15) is 9.59 Å². The second kappa shape index (κ2) is 4.49. The molecule has 0 spiro atoms. The Morgan fingerprint density at radius 3 is 1.41 bits per heavy atom. The summed E-state index contributed by atoms with van der Waals surface area (Å²) in [6.45, 7) is 3.83. The van der Waals surface area contributed by atoms with Gasteiger partial charge < -0.3 is 0 Å². The molecule has 2 heterocycles. The molecule has 0 radical (unpaired) electrons. The Balaban J connectivity index is 1.84. The summed E-state index contributed by atoms with van der Waals surface area (Å²) in [7, 11) is 0. The molecule has 0 amide bonds. The van der Waals surface area contributed by atoms with Gasteiger partial charge in [-0.25, -0.2) is 0 Å². The Kier molecular flexibility index (Phi) is 2.88. The van der Waals surface area contributed by atoms with Crippen LogP contribution in [-0.2, 0) is 0 Å². The fraction of sp³-hybridized carbons (Fsp3) is 0.222. The predicted octanol–water partition coefficient (Wildman–Crippen LogP) is 4.48. The molecule has 0 bridgehead atoms. The van der Waals surface area contributed by atoms with Crippen molar-refractivity contribution in [1.82, 2.24) is 0 Å². The average molecular weight is 326 g/mol. The Morgan fingerprint density at radius 1 is 0.682 bits per heavy atom. The van der Waals surface area contributed by atoms with E-state index < -0.39 is 9.49 Å². The van der Waals surface area contributed by atoms with Crippen molar-refractivity contribution in [3.8, 4) is 0 Å². The van der Waals surface area contributed by atoms with Gasteiger partial charge in [-0.1, -0.05) is 36.4 Å². The van der Waals surface area contributed by atoms with E-state index in [0.29, 0.717) is 0 Å². The highest BCUT2D eigenvalue weighted by molar-refractivity contribution is 8.06. The van der Waals surface area contributed by atoms with Gasteiger partial charge in [0.25, 0.3) is 0 Å². The lowest BCUT2D eigenvalue weighted by molar-refractivity contribution is 0.0855. The van der Waals surface area contributed by atoms with Crippen molar-refractivity contribution >= 4 is 35.1 Å². The van der Waals surface area contributed by atoms with Crippen LogP contribution in [0.3, 0.4) is 0 Å². The molecule has 0 aliphatic carbocycles. The van der Waals surface area contributed by atoms with Gasteiger partial charge in [-0.05, 0) is 26.0 Å². The molecule has 0 N–H and O–H groups in total. The van der Waals surface area contributed by atoms with E-state index in [-0.39, 0.29) is 11.6 Å². The number of benzene rings is 2. The van der Waals surface area contributed by atoms with Gasteiger partial charge in [0.2, 0.25) is 0 Å². The summed E-state index contributed by atoms with van der Waals surface area (Å²) in [6, 6.07) is 15.3. The number of fused-ring (bicyclic) bond motifs is 2. The van der Waals surface area contributed by atoms with Crippen molar-refractivity contribution in [2.45, 2.75) is 33.1 Å². The third-order valence-corrected chi connectivity index (χ3v) is 7.95. The summed E-state index contributed by atoms with van der Waals surface area (Å²) >= 11 is 3.05. The summed E-state index contributed by atoms with van der Waals surface area (Å²) in [5.41, 5.74) is 1.47. The topological polar surface area (TPSA) is 34.1 Å². The number of thioether (sulfide) groups is 2. The highest BCUT2D eigenvalue weighted by atomic mass is 32.2. The number of carbonyl (C=O) groups is 2. The first-order chi connectivity index (χ1) is 10.5. The third kappa shape index (κ3) is 1.60. The molecule has 0 fully saturated rings. The lowest BCUT2D eigenvalue weighted by Crippen LogP contribution is -2.52. The SMILES string of the molecule is CC1(C2(C)Sc3ccccc3C2=O)Sc2ccccc2C1=O. The van der Waals surface area contributed by atoms with Crippen LogP contribution < -0.4 is 0 Å². The molecule has 4 heteroatoms. The number of carbonyl (C=O) groups excluding carboxylic acids is 2. The molecule has 22 heavy (non-hydrogen) atoms. The Labute approximate surface area is 137 Å². The fourth-order valence-electron chi connectivity index (χ4n) is 3.16. The standard InChI is InChI=1S/C18H14O2S2/c1-17(15(19)11-7-3-5-9-13(11)21-17)18(2)16(20)12-8-4-6-10-14(12)22-18/h3-10H,1-2H3. The predicted molar refractivity (Wildman–Crippen MR) is 90.1 cm³/mol. The minimum absolute atomic E-state index is 0.0595. The lowest BCUT2D eigenvalue weighted by Gasteiger charge is -2.36. The van der Waals surface area contributed by atoms with Crippen LogP contribution >= 0.6 is 23.5 Å². The summed E-state index contributed by atoms with van der Waals surface area (Å²) in [6.07, 6.45) is 0. The smallest absolute Gasteiger partial charge is 0.181 e. The molecular formula is C18H14O2S2. The zero-order chi connectivity index (χ0) is 15.5. The van der Waals surface area contributed by atoms with Crippen molar-refractivity contribution in [1.29, 1.82) is 0 Å². The molecule has 2 aliphatic heterocycles. The minimum Gasteiger partial charge on any atom is -0.292 e. The summed E-state index contributed by atoms with van der Waals surface area (Å²) < 4.78 is -1.56. The maximum atomic E-state index is 13.0. The zero-order valence-electron chi connectivity index (χ0n) is 12.3. The normalized spacial score (nSPS) is 29.5. The van der Waals surface area contributed by atoms with Gasteiger partial charge in [-0.2, -0.15) is 0 Å². The number of Topliss-reactive ketones (excluding diaryl/α,β-unsaturated/α-hetero) is 2. The van der Waals surface area contributed by atoms with Gasteiger partial charge in [0.05, 0.1) is 0 Å². The summed E-state index contributed by atoms with van der Waals surface area (Å²) in [4.78, 5) is 28.0. The van der Waals surface area contributed by atoms with E-state index in [1.54, 1.807) is 0 Å². The van der Waals surface area contributed by atoms with E-state index in [1.807, 2.05) is 62.4 Å². The van der Waals surface area contributed by atoms with Gasteiger partial charge in [0.15, 0.2) is 11.6 Å². The Bertz CT molecular complexity index is 760. The molecule has 2 unspecified atom stereocenters. The molecule has 2 aliphatic rings. The van der Waals surface area contributed by atoms with Crippen molar-refractivity contribution in [3.05, 3.63) is 59.7 Å². The zero-order valence-corrected chi connectivity index (χ0v) is 13.9. The van der Waals surface area contributed by atoms with Gasteiger partial charge in [0.1, 0.15) is 9.49 Å². The maximum Gasteiger partial charge on any atom is 0.181 e. The van der Waals surface area contributed by atoms with E-state index in [4.69, 9.17) is 0 Å². The first-order valence-corrected chi connectivity index (χ1v) is 8.76. The second-order valence-corrected chi connectivity index (χ2v) is 8.84. The van der Waals surface area contributed by atoms with Crippen LogP contribution in [0.5, 0.6) is 0 Å². The Morgan fingerprint density at radius 2 is 1.05 bits per heavy atom. The quantitative estimate of drug-likeness (QED) is 0.774. The van der Waals surface area contributed by atoms with Crippen molar-refractivity contribution in [2.24, 2.45) is 0 Å². The van der Waals surface area contributed by atoms with Crippen LogP contribution in [0.2, 0.25) is 0 Å². The number of hydrogen-bond acceptors (Lipinski definition) is 4. The van der Waals surface area contributed by atoms with Crippen LogP contribution in [0.25, 0.3) is 0 Å². The third-order valence-electron chi connectivity index (χ3n) is 4.67. The molecule has 2 aromatic rings. The molecular weight excluding hydrogens is 312 g/mol. The first-order valence-electron chi connectivity index (χ1n) is 7.13. The van der Waals surface area contributed by atoms with Crippen LogP contribution in [0.4, 0.5) is 0 Å². The van der Waals surface area contributed by atoms with Crippen molar-refractivity contribution < 1.29 is 9.59 Å². The molecule has 4 rings (SSSR count). The van der Waals surface area contributed by atoms with Crippen LogP contribution in [-0.4, -0.2) is 21.1 Å². The number of hydrogen-bond donors (Lipinski definition) is 0. The lowest BCUT2D eigenvalue weighted by atomic mass is 9.82. The molecule has 2 nitrogen and oxygen atoms in total. The summed E-state index contributed by atoms with van der Waals surface area (Å²) in [5.74, 6) is 0.119. The molecule has 0 saturated heterocycles. The van der Waals surface area contributed by atoms with Gasteiger partial charge in [-0.3, -0.25) is 9.59 Å². The van der Waals surface area contributed by atoms with Crippen LogP contribution in [0.15, 0.2) is 58.3 Å². The van der Waals surface area contributed by atoms with E-state index in [1.165, 1.54) is 23.5 Å². The van der Waals surface area contributed by atoms with Crippen molar-refractivity contribution in [2.75, 3.05) is 0 Å².